The van der Waals surface area contributed by atoms with Gasteiger partial charge in [0.1, 0.15) is 0 Å². The lowest BCUT2D eigenvalue weighted by Gasteiger charge is -2.03. The van der Waals surface area contributed by atoms with Gasteiger partial charge in [0.15, 0.2) is 0 Å². The van der Waals surface area contributed by atoms with Gasteiger partial charge >= 0.3 is 0 Å². The fraction of sp³-hybridized carbons (Fsp3) is 0.214. The summed E-state index contributed by atoms with van der Waals surface area (Å²) in [6, 6.07) is 8.09. The topological polar surface area (TPSA) is 29.1 Å². The first-order chi connectivity index (χ1) is 8.58. The molecule has 0 bridgehead atoms. The summed E-state index contributed by atoms with van der Waals surface area (Å²) in [5, 5.41) is 4.55. The van der Waals surface area contributed by atoms with Crippen molar-refractivity contribution in [1.29, 1.82) is 0 Å². The second kappa shape index (κ2) is 5.55. The highest BCUT2D eigenvalue weighted by Crippen LogP contribution is 2.35. The summed E-state index contributed by atoms with van der Waals surface area (Å²) in [6.45, 7) is 3.86. The normalized spacial score (nSPS) is 11.6. The molecule has 0 atom stereocenters. The van der Waals surface area contributed by atoms with Crippen molar-refractivity contribution in [2.45, 2.75) is 19.9 Å². The van der Waals surface area contributed by atoms with E-state index in [9.17, 15) is 4.79 Å². The number of carbonyl (C=O) groups excluding carboxylic acids is 1. The molecule has 1 N–H and O–H groups in total. The molecule has 1 aromatic carbocycles. The Labute approximate surface area is 115 Å². The number of hydrogen-bond acceptors (Lipinski definition) is 2. The lowest BCUT2D eigenvalue weighted by molar-refractivity contribution is -0.116. The van der Waals surface area contributed by atoms with Gasteiger partial charge < -0.3 is 5.32 Å². The quantitative estimate of drug-likeness (QED) is 0.843. The third-order valence-corrected chi connectivity index (χ3v) is 4.03. The Kier molecular flexibility index (Phi) is 4.04. The van der Waals surface area contributed by atoms with Crippen molar-refractivity contribution < 1.29 is 4.79 Å². The molecule has 0 spiro atoms. The van der Waals surface area contributed by atoms with Gasteiger partial charge in [-0.1, -0.05) is 29.8 Å². The van der Waals surface area contributed by atoms with Crippen molar-refractivity contribution in [3.8, 4) is 0 Å². The zero-order chi connectivity index (χ0) is 13.1. The molecule has 2 rings (SSSR count). The predicted molar refractivity (Wildman–Crippen MR) is 79.1 cm³/mol. The summed E-state index contributed by atoms with van der Waals surface area (Å²) >= 11 is 7.86. The maximum Gasteiger partial charge on any atom is 0.244 e. The van der Waals surface area contributed by atoms with E-state index in [0.29, 0.717) is 5.02 Å². The number of carbonyl (C=O) groups is 1. The van der Waals surface area contributed by atoms with Gasteiger partial charge in [-0.15, -0.1) is 11.3 Å². The monoisotopic (exact) mass is 279 g/mol. The molecule has 94 valence electrons. The summed E-state index contributed by atoms with van der Waals surface area (Å²) in [4.78, 5) is 12.4. The largest absolute Gasteiger partial charge is 0.350 e. The van der Waals surface area contributed by atoms with Crippen molar-refractivity contribution in [3.05, 3.63) is 40.2 Å². The van der Waals surface area contributed by atoms with Gasteiger partial charge in [-0.25, -0.2) is 0 Å². The Hall–Kier alpha value is -1.32. The molecule has 2 aromatic rings. The molecule has 0 aliphatic rings. The zero-order valence-electron chi connectivity index (χ0n) is 10.2. The third kappa shape index (κ3) is 2.92. The second-order valence-corrected chi connectivity index (χ2v) is 5.73. The van der Waals surface area contributed by atoms with E-state index in [1.165, 1.54) is 6.08 Å². The van der Waals surface area contributed by atoms with Crippen LogP contribution in [-0.2, 0) is 4.79 Å². The van der Waals surface area contributed by atoms with E-state index in [1.807, 2.05) is 38.1 Å². The van der Waals surface area contributed by atoms with Crippen LogP contribution in [0.15, 0.2) is 30.3 Å². The van der Waals surface area contributed by atoms with Gasteiger partial charge in [0.25, 0.3) is 0 Å². The summed E-state index contributed by atoms with van der Waals surface area (Å²) in [6.07, 6.45) is 3.29. The maximum atomic E-state index is 11.5. The molecule has 1 heterocycles. The maximum absolute atomic E-state index is 11.5. The van der Waals surface area contributed by atoms with Gasteiger partial charge in [0.2, 0.25) is 5.91 Å². The number of rotatable bonds is 3. The highest BCUT2D eigenvalue weighted by molar-refractivity contribution is 7.20. The first-order valence-corrected chi connectivity index (χ1v) is 6.93. The predicted octanol–water partition coefficient (Wildman–Crippen LogP) is 4.09. The van der Waals surface area contributed by atoms with Gasteiger partial charge in [-0.2, -0.15) is 0 Å². The number of thiophene rings is 1. The van der Waals surface area contributed by atoms with Gasteiger partial charge in [0.05, 0.1) is 5.02 Å². The first-order valence-electron chi connectivity index (χ1n) is 5.73. The number of fused-ring (bicyclic) bond motifs is 1. The molecule has 0 fully saturated rings. The number of benzene rings is 1. The molecule has 18 heavy (non-hydrogen) atoms. The van der Waals surface area contributed by atoms with Crippen molar-refractivity contribution in [1.82, 2.24) is 5.32 Å². The van der Waals surface area contributed by atoms with E-state index in [-0.39, 0.29) is 11.9 Å². The van der Waals surface area contributed by atoms with E-state index in [1.54, 1.807) is 17.4 Å². The molecule has 0 saturated heterocycles. The van der Waals surface area contributed by atoms with Crippen LogP contribution in [0.3, 0.4) is 0 Å². The zero-order valence-corrected chi connectivity index (χ0v) is 11.8. The summed E-state index contributed by atoms with van der Waals surface area (Å²) in [5.41, 5.74) is 0. The average molecular weight is 280 g/mol. The lowest BCUT2D eigenvalue weighted by atomic mass is 10.2. The summed E-state index contributed by atoms with van der Waals surface area (Å²) in [5.74, 6) is -0.0986. The van der Waals surface area contributed by atoms with Crippen molar-refractivity contribution in [2.75, 3.05) is 0 Å². The molecule has 0 aliphatic carbocycles. The smallest absolute Gasteiger partial charge is 0.244 e. The molecular formula is C14H14ClNOS. The van der Waals surface area contributed by atoms with Crippen molar-refractivity contribution in [3.63, 3.8) is 0 Å². The van der Waals surface area contributed by atoms with Crippen molar-refractivity contribution >= 4 is 45.0 Å². The van der Waals surface area contributed by atoms with Crippen LogP contribution in [0.2, 0.25) is 5.02 Å². The minimum absolute atomic E-state index is 0.0986. The first kappa shape index (κ1) is 13.1. The minimum atomic E-state index is -0.0986. The van der Waals surface area contributed by atoms with Crippen LogP contribution < -0.4 is 5.32 Å². The van der Waals surface area contributed by atoms with Crippen LogP contribution in [0.1, 0.15) is 18.7 Å². The minimum Gasteiger partial charge on any atom is -0.350 e. The van der Waals surface area contributed by atoms with E-state index >= 15 is 0 Å². The number of hydrogen-bond donors (Lipinski definition) is 1. The standard InChI is InChI=1S/C14H14ClNOS/c1-9(2)16-13(17)8-7-12-14(15)10-5-3-4-6-11(10)18-12/h3-9H,1-2H3,(H,16,17)/b8-7+. The Balaban J connectivity index is 2.24. The second-order valence-electron chi connectivity index (χ2n) is 4.27. The van der Waals surface area contributed by atoms with E-state index in [4.69, 9.17) is 11.6 Å². The third-order valence-electron chi connectivity index (χ3n) is 2.38. The highest BCUT2D eigenvalue weighted by atomic mass is 35.5. The van der Waals surface area contributed by atoms with Crippen LogP contribution in [0.4, 0.5) is 0 Å². The summed E-state index contributed by atoms with van der Waals surface area (Å²) < 4.78 is 1.13. The molecule has 0 radical (unpaired) electrons. The fourth-order valence-electron chi connectivity index (χ4n) is 1.62. The van der Waals surface area contributed by atoms with Crippen LogP contribution in [0.25, 0.3) is 16.2 Å². The average Bonchev–Trinajstić information content (AvgIpc) is 2.64. The van der Waals surface area contributed by atoms with Crippen LogP contribution in [0, 0.1) is 0 Å². The van der Waals surface area contributed by atoms with Gasteiger partial charge in [-0.3, -0.25) is 4.79 Å². The van der Waals surface area contributed by atoms with Crippen molar-refractivity contribution in [2.24, 2.45) is 0 Å². The SMILES string of the molecule is CC(C)NC(=O)/C=C/c1sc2ccccc2c1Cl. The van der Waals surface area contributed by atoms with Crippen LogP contribution in [0.5, 0.6) is 0 Å². The van der Waals surface area contributed by atoms with Gasteiger partial charge in [-0.05, 0) is 26.0 Å². The molecular weight excluding hydrogens is 266 g/mol. The summed E-state index contributed by atoms with van der Waals surface area (Å²) in [7, 11) is 0. The molecule has 0 aliphatic heterocycles. The molecule has 0 unspecified atom stereocenters. The van der Waals surface area contributed by atoms with E-state index in [0.717, 1.165) is 15.0 Å². The Morgan fingerprint density at radius 3 is 2.78 bits per heavy atom. The highest BCUT2D eigenvalue weighted by Gasteiger charge is 2.07. The number of amides is 1. The lowest BCUT2D eigenvalue weighted by Crippen LogP contribution is -2.28. The molecule has 1 aromatic heterocycles. The Morgan fingerprint density at radius 2 is 2.11 bits per heavy atom. The molecule has 4 heteroatoms. The van der Waals surface area contributed by atoms with Gasteiger partial charge in [0, 0.05) is 27.1 Å². The van der Waals surface area contributed by atoms with Crippen LogP contribution in [-0.4, -0.2) is 11.9 Å². The Morgan fingerprint density at radius 1 is 1.39 bits per heavy atom. The molecule has 0 saturated carbocycles. The molecule has 1 amide bonds. The molecule has 2 nitrogen and oxygen atoms in total. The van der Waals surface area contributed by atoms with Crippen LogP contribution >= 0.6 is 22.9 Å². The number of nitrogens with one attached hydrogen (secondary N) is 1. The number of halogens is 1. The fourth-order valence-corrected chi connectivity index (χ4v) is 3.02. The van der Waals surface area contributed by atoms with E-state index < -0.39 is 0 Å². The Bertz CT molecular complexity index is 601. The van der Waals surface area contributed by atoms with E-state index in [2.05, 4.69) is 5.32 Å².